The summed E-state index contributed by atoms with van der Waals surface area (Å²) in [6.07, 6.45) is 3.79. The molecule has 0 unspecified atom stereocenters. The maximum absolute atomic E-state index is 12.1. The Hall–Kier alpha value is -2.09. The average Bonchev–Trinajstić information content (AvgIpc) is 2.92. The Bertz CT molecular complexity index is 468. The van der Waals surface area contributed by atoms with Gasteiger partial charge in [-0.3, -0.25) is 0 Å². The quantitative estimate of drug-likeness (QED) is 0.730. The van der Waals surface area contributed by atoms with Crippen molar-refractivity contribution < 1.29 is 19.4 Å². The summed E-state index contributed by atoms with van der Waals surface area (Å²) in [5.41, 5.74) is -1.24. The van der Waals surface area contributed by atoms with E-state index in [2.05, 4.69) is 15.3 Å². The Kier molecular flexibility index (Phi) is 4.23. The number of imidazole rings is 1. The number of rotatable bonds is 4. The Morgan fingerprint density at radius 3 is 2.80 bits per heavy atom. The number of carbonyl (C=O) groups is 2. The molecule has 0 spiro atoms. The summed E-state index contributed by atoms with van der Waals surface area (Å²) in [5, 5.41) is 12.0. The molecule has 0 saturated carbocycles. The van der Waals surface area contributed by atoms with Crippen molar-refractivity contribution >= 4 is 12.0 Å². The molecule has 1 aromatic rings. The first-order valence-corrected chi connectivity index (χ1v) is 6.36. The highest BCUT2D eigenvalue weighted by Gasteiger charge is 2.42. The number of amides is 2. The van der Waals surface area contributed by atoms with Gasteiger partial charge in [0.25, 0.3) is 0 Å². The van der Waals surface area contributed by atoms with Crippen molar-refractivity contribution in [2.24, 2.45) is 0 Å². The standard InChI is InChI=1S/C12H18N4O4/c1-16(8-9-13-4-5-14-9)11(19)15-12(10(17)18)2-6-20-7-3-12/h4-5H,2-3,6-8H2,1H3,(H,13,14)(H,15,19)(H,17,18). The van der Waals surface area contributed by atoms with Crippen LogP contribution in [0.2, 0.25) is 0 Å². The van der Waals surface area contributed by atoms with Crippen LogP contribution >= 0.6 is 0 Å². The van der Waals surface area contributed by atoms with E-state index in [4.69, 9.17) is 4.74 Å². The number of carboxylic acids is 1. The summed E-state index contributed by atoms with van der Waals surface area (Å²) in [6.45, 7) is 0.938. The lowest BCUT2D eigenvalue weighted by Gasteiger charge is -2.35. The number of urea groups is 1. The van der Waals surface area contributed by atoms with Crippen LogP contribution in [0.1, 0.15) is 18.7 Å². The number of H-pyrrole nitrogens is 1. The zero-order chi connectivity index (χ0) is 14.6. The average molecular weight is 282 g/mol. The summed E-state index contributed by atoms with van der Waals surface area (Å²) in [4.78, 5) is 31.9. The maximum Gasteiger partial charge on any atom is 0.329 e. The molecule has 2 amide bonds. The van der Waals surface area contributed by atoms with Crippen molar-refractivity contribution in [2.45, 2.75) is 24.9 Å². The Labute approximate surface area is 116 Å². The molecule has 1 fully saturated rings. The number of carbonyl (C=O) groups excluding carboxylic acids is 1. The summed E-state index contributed by atoms with van der Waals surface area (Å²) in [7, 11) is 1.59. The fraction of sp³-hybridized carbons (Fsp3) is 0.583. The zero-order valence-electron chi connectivity index (χ0n) is 11.3. The second-order valence-electron chi connectivity index (χ2n) is 4.82. The molecule has 1 saturated heterocycles. The van der Waals surface area contributed by atoms with Gasteiger partial charge in [0, 0.05) is 45.5 Å². The normalized spacial score (nSPS) is 17.4. The van der Waals surface area contributed by atoms with Crippen LogP contribution in [0, 0.1) is 0 Å². The van der Waals surface area contributed by atoms with Crippen molar-refractivity contribution in [3.63, 3.8) is 0 Å². The molecule has 8 heteroatoms. The van der Waals surface area contributed by atoms with Crippen LogP contribution in [0.5, 0.6) is 0 Å². The molecule has 2 rings (SSSR count). The topological polar surface area (TPSA) is 108 Å². The van der Waals surface area contributed by atoms with Crippen LogP contribution in [0.4, 0.5) is 4.79 Å². The molecule has 2 heterocycles. The van der Waals surface area contributed by atoms with Crippen molar-refractivity contribution in [2.75, 3.05) is 20.3 Å². The summed E-state index contributed by atoms with van der Waals surface area (Å²) in [5.74, 6) is -0.389. The minimum Gasteiger partial charge on any atom is -0.480 e. The van der Waals surface area contributed by atoms with Crippen LogP contribution in [-0.2, 0) is 16.1 Å². The van der Waals surface area contributed by atoms with Gasteiger partial charge in [0.2, 0.25) is 0 Å². The number of nitrogens with zero attached hydrogens (tertiary/aromatic N) is 2. The van der Waals surface area contributed by atoms with Crippen molar-refractivity contribution in [3.8, 4) is 0 Å². The van der Waals surface area contributed by atoms with E-state index in [1.807, 2.05) is 0 Å². The lowest BCUT2D eigenvalue weighted by atomic mass is 9.90. The Balaban J connectivity index is 1.99. The molecule has 0 aliphatic carbocycles. The highest BCUT2D eigenvalue weighted by molar-refractivity contribution is 5.86. The fourth-order valence-corrected chi connectivity index (χ4v) is 2.09. The van der Waals surface area contributed by atoms with E-state index in [-0.39, 0.29) is 19.4 Å². The molecule has 20 heavy (non-hydrogen) atoms. The minimum absolute atomic E-state index is 0.267. The summed E-state index contributed by atoms with van der Waals surface area (Å²) < 4.78 is 5.16. The lowest BCUT2D eigenvalue weighted by molar-refractivity contribution is -0.148. The molecule has 0 radical (unpaired) electrons. The van der Waals surface area contributed by atoms with Gasteiger partial charge in [-0.1, -0.05) is 0 Å². The first-order valence-electron chi connectivity index (χ1n) is 6.36. The van der Waals surface area contributed by atoms with E-state index in [0.29, 0.717) is 19.0 Å². The molecule has 1 aromatic heterocycles. The van der Waals surface area contributed by atoms with Gasteiger partial charge in [0.15, 0.2) is 0 Å². The highest BCUT2D eigenvalue weighted by atomic mass is 16.5. The first kappa shape index (κ1) is 14.3. The molecule has 0 aromatic carbocycles. The third-order valence-corrected chi connectivity index (χ3v) is 3.39. The predicted octanol–water partition coefficient (Wildman–Crippen LogP) is 0.185. The monoisotopic (exact) mass is 282 g/mol. The van der Waals surface area contributed by atoms with Crippen LogP contribution in [0.3, 0.4) is 0 Å². The van der Waals surface area contributed by atoms with Crippen molar-refractivity contribution in [1.82, 2.24) is 20.2 Å². The zero-order valence-corrected chi connectivity index (χ0v) is 11.3. The molecule has 0 atom stereocenters. The number of hydrogen-bond acceptors (Lipinski definition) is 4. The van der Waals surface area contributed by atoms with E-state index >= 15 is 0 Å². The highest BCUT2D eigenvalue weighted by Crippen LogP contribution is 2.21. The Morgan fingerprint density at radius 2 is 2.25 bits per heavy atom. The van der Waals surface area contributed by atoms with Crippen LogP contribution in [0.15, 0.2) is 12.4 Å². The second kappa shape index (κ2) is 5.91. The van der Waals surface area contributed by atoms with Gasteiger partial charge in [-0.15, -0.1) is 0 Å². The van der Waals surface area contributed by atoms with Crippen LogP contribution in [0.25, 0.3) is 0 Å². The number of hydrogen-bond donors (Lipinski definition) is 3. The third kappa shape index (κ3) is 3.08. The van der Waals surface area contributed by atoms with Crippen molar-refractivity contribution in [1.29, 1.82) is 0 Å². The molecular formula is C12H18N4O4. The van der Waals surface area contributed by atoms with Gasteiger partial charge in [0.05, 0.1) is 6.54 Å². The summed E-state index contributed by atoms with van der Waals surface area (Å²) >= 11 is 0. The number of carboxylic acid groups (broad SMARTS) is 1. The van der Waals surface area contributed by atoms with Crippen LogP contribution < -0.4 is 5.32 Å². The van der Waals surface area contributed by atoms with Gasteiger partial charge in [-0.05, 0) is 0 Å². The van der Waals surface area contributed by atoms with E-state index in [0.717, 1.165) is 0 Å². The predicted molar refractivity (Wildman–Crippen MR) is 69.0 cm³/mol. The molecule has 8 nitrogen and oxygen atoms in total. The van der Waals surface area contributed by atoms with Gasteiger partial charge < -0.3 is 25.0 Å². The van der Waals surface area contributed by atoms with Gasteiger partial charge in [0.1, 0.15) is 11.4 Å². The number of nitrogens with one attached hydrogen (secondary N) is 2. The maximum atomic E-state index is 12.1. The van der Waals surface area contributed by atoms with Crippen molar-refractivity contribution in [3.05, 3.63) is 18.2 Å². The largest absolute Gasteiger partial charge is 0.480 e. The SMILES string of the molecule is CN(Cc1ncc[nH]1)C(=O)NC1(C(=O)O)CCOCC1. The molecule has 3 N–H and O–H groups in total. The molecule has 110 valence electrons. The first-order chi connectivity index (χ1) is 9.53. The molecule has 1 aliphatic heterocycles. The smallest absolute Gasteiger partial charge is 0.329 e. The summed E-state index contributed by atoms with van der Waals surface area (Å²) in [6, 6.07) is -0.439. The van der Waals surface area contributed by atoms with E-state index in [9.17, 15) is 14.7 Å². The van der Waals surface area contributed by atoms with E-state index < -0.39 is 17.5 Å². The molecule has 1 aliphatic rings. The number of aliphatic carboxylic acids is 1. The van der Waals surface area contributed by atoms with E-state index in [1.54, 1.807) is 19.4 Å². The Morgan fingerprint density at radius 1 is 1.55 bits per heavy atom. The number of aromatic amines is 1. The number of aromatic nitrogens is 2. The lowest BCUT2D eigenvalue weighted by Crippen LogP contribution is -2.59. The number of ether oxygens (including phenoxy) is 1. The molecular weight excluding hydrogens is 264 g/mol. The van der Waals surface area contributed by atoms with Gasteiger partial charge >= 0.3 is 12.0 Å². The van der Waals surface area contributed by atoms with Gasteiger partial charge in [-0.25, -0.2) is 14.6 Å². The van der Waals surface area contributed by atoms with E-state index in [1.165, 1.54) is 4.90 Å². The minimum atomic E-state index is -1.24. The van der Waals surface area contributed by atoms with Gasteiger partial charge in [-0.2, -0.15) is 0 Å². The fourth-order valence-electron chi connectivity index (χ4n) is 2.09. The van der Waals surface area contributed by atoms with Crippen LogP contribution in [-0.4, -0.2) is 57.8 Å². The third-order valence-electron chi connectivity index (χ3n) is 3.39. The second-order valence-corrected chi connectivity index (χ2v) is 4.82. The molecule has 0 bridgehead atoms.